The molecular formula is C27H43N8O6P. The lowest BCUT2D eigenvalue weighted by Crippen LogP contribution is -2.43. The van der Waals surface area contributed by atoms with E-state index in [9.17, 15) is 14.2 Å². The number of esters is 2. The highest BCUT2D eigenvalue weighted by atomic mass is 31.2. The van der Waals surface area contributed by atoms with Gasteiger partial charge in [-0.1, -0.05) is 0 Å². The number of aromatic nitrogens is 4. The van der Waals surface area contributed by atoms with Crippen LogP contribution in [0.1, 0.15) is 78.1 Å². The summed E-state index contributed by atoms with van der Waals surface area (Å²) in [7, 11) is -3.61. The van der Waals surface area contributed by atoms with Crippen molar-refractivity contribution in [2.75, 3.05) is 24.0 Å². The molecule has 15 heteroatoms. The fraction of sp³-hybridized carbons (Fsp3) is 0.741. The molecule has 0 radical (unpaired) electrons. The molecule has 5 N–H and O–H groups in total. The average Bonchev–Trinajstić information content (AvgIpc) is 3.30. The van der Waals surface area contributed by atoms with Crippen LogP contribution in [-0.4, -0.2) is 74.7 Å². The van der Waals surface area contributed by atoms with Crippen LogP contribution < -0.4 is 21.2 Å². The van der Waals surface area contributed by atoms with E-state index in [1.54, 1.807) is 24.7 Å². The lowest BCUT2D eigenvalue weighted by molar-refractivity contribution is -0.150. The van der Waals surface area contributed by atoms with E-state index in [1.807, 2.05) is 0 Å². The molecule has 3 fully saturated rings. The van der Waals surface area contributed by atoms with Gasteiger partial charge in [0.25, 0.3) is 0 Å². The number of carbonyl (C=O) groups is 2. The maximum atomic E-state index is 14.1. The Morgan fingerprint density at radius 1 is 0.976 bits per heavy atom. The van der Waals surface area contributed by atoms with Gasteiger partial charge in [-0.25, -0.2) is 15.2 Å². The first-order valence-electron chi connectivity index (χ1n) is 15.1. The second kappa shape index (κ2) is 13.7. The Labute approximate surface area is 245 Å². The second-order valence-electron chi connectivity index (χ2n) is 11.6. The zero-order valence-electron chi connectivity index (χ0n) is 24.4. The number of nitrogen functional groups attached to an aromatic ring is 1. The number of fused-ring (bicyclic) bond motifs is 1. The summed E-state index contributed by atoms with van der Waals surface area (Å²) < 4.78 is 32.9. The van der Waals surface area contributed by atoms with Crippen LogP contribution in [0.5, 0.6) is 0 Å². The summed E-state index contributed by atoms with van der Waals surface area (Å²) in [6.45, 7) is 3.72. The molecule has 2 aromatic heterocycles. The molecule has 0 bridgehead atoms. The maximum absolute atomic E-state index is 14.1. The van der Waals surface area contributed by atoms with Gasteiger partial charge in [0.1, 0.15) is 30.6 Å². The summed E-state index contributed by atoms with van der Waals surface area (Å²) in [5.74, 6) is -0.219. The Bertz CT molecular complexity index is 1250. The van der Waals surface area contributed by atoms with Crippen LogP contribution in [0.15, 0.2) is 6.33 Å². The minimum Gasteiger partial charge on any atom is -0.461 e. The van der Waals surface area contributed by atoms with Crippen LogP contribution >= 0.6 is 7.44 Å². The van der Waals surface area contributed by atoms with Crippen molar-refractivity contribution in [1.29, 1.82) is 0 Å². The first-order valence-corrected chi connectivity index (χ1v) is 17.0. The summed E-state index contributed by atoms with van der Waals surface area (Å²) in [5.41, 5.74) is 7.13. The summed E-state index contributed by atoms with van der Waals surface area (Å²) in [6, 6.07) is -1.37. The number of nitrogens with zero attached hydrogens (tertiary/aromatic N) is 4. The molecule has 0 amide bonds. The van der Waals surface area contributed by atoms with Gasteiger partial charge in [-0.3, -0.25) is 14.2 Å². The third-order valence-electron chi connectivity index (χ3n) is 7.83. The van der Waals surface area contributed by atoms with Gasteiger partial charge in [0.05, 0.1) is 12.9 Å². The van der Waals surface area contributed by atoms with Gasteiger partial charge in [-0.2, -0.15) is 9.97 Å². The van der Waals surface area contributed by atoms with Gasteiger partial charge >= 0.3 is 11.9 Å². The molecule has 42 heavy (non-hydrogen) atoms. The highest BCUT2D eigenvalue weighted by Crippen LogP contribution is 2.38. The molecule has 5 rings (SSSR count). The van der Waals surface area contributed by atoms with Crippen molar-refractivity contribution in [1.82, 2.24) is 29.7 Å². The average molecular weight is 607 g/mol. The van der Waals surface area contributed by atoms with E-state index in [2.05, 4.69) is 30.4 Å². The predicted molar refractivity (Wildman–Crippen MR) is 157 cm³/mol. The Hall–Kier alpha value is -2.80. The minimum atomic E-state index is -3.61. The molecule has 2 atom stereocenters. The van der Waals surface area contributed by atoms with Crippen LogP contribution in [0.3, 0.4) is 0 Å². The Balaban J connectivity index is 1.20. The number of ether oxygens (including phenoxy) is 3. The summed E-state index contributed by atoms with van der Waals surface area (Å²) in [6.07, 6.45) is 10.7. The van der Waals surface area contributed by atoms with Crippen LogP contribution in [-0.2, 0) is 34.9 Å². The van der Waals surface area contributed by atoms with E-state index >= 15 is 0 Å². The summed E-state index contributed by atoms with van der Waals surface area (Å²) in [5, 5.41) is 9.10. The van der Waals surface area contributed by atoms with Crippen molar-refractivity contribution in [3.63, 3.8) is 0 Å². The lowest BCUT2D eigenvalue weighted by Gasteiger charge is -2.27. The number of carbonyl (C=O) groups excluding carboxylic acids is 2. The second-order valence-corrected chi connectivity index (χ2v) is 13.9. The van der Waals surface area contributed by atoms with Crippen LogP contribution in [0, 0.1) is 0 Å². The van der Waals surface area contributed by atoms with E-state index in [4.69, 9.17) is 19.9 Å². The summed E-state index contributed by atoms with van der Waals surface area (Å²) >= 11 is 0. The van der Waals surface area contributed by atoms with Crippen molar-refractivity contribution in [2.45, 2.75) is 115 Å². The van der Waals surface area contributed by atoms with E-state index in [0.29, 0.717) is 29.6 Å². The fourth-order valence-electron chi connectivity index (χ4n) is 5.39. The molecule has 3 saturated carbocycles. The van der Waals surface area contributed by atoms with Gasteiger partial charge in [0.15, 0.2) is 17.0 Å². The zero-order valence-corrected chi connectivity index (χ0v) is 25.3. The quantitative estimate of drug-likeness (QED) is 0.132. The Morgan fingerprint density at radius 3 is 2.10 bits per heavy atom. The molecule has 0 saturated heterocycles. The lowest BCUT2D eigenvalue weighted by atomic mass is 10.3. The van der Waals surface area contributed by atoms with Gasteiger partial charge in [-0.05, 0) is 78.1 Å². The normalized spacial score (nSPS) is 19.7. The van der Waals surface area contributed by atoms with Gasteiger partial charge in [0.2, 0.25) is 13.4 Å². The van der Waals surface area contributed by atoms with Crippen LogP contribution in [0.2, 0.25) is 0 Å². The number of hydrogen-bond donors (Lipinski definition) is 4. The van der Waals surface area contributed by atoms with Gasteiger partial charge < -0.3 is 29.8 Å². The molecule has 0 aromatic carbocycles. The zero-order chi connectivity index (χ0) is 29.7. The molecule has 232 valence electrons. The van der Waals surface area contributed by atoms with Crippen molar-refractivity contribution >= 4 is 42.3 Å². The SMILES string of the molecule is C[C@H](NP(=O)(COCCn1cnc2c(NC3CC3)nc(N)nc21)N[C@@H](C)C(=O)OC1CCCC1)C(=O)OC1CCCC1. The Morgan fingerprint density at radius 2 is 1.55 bits per heavy atom. The molecule has 3 aliphatic carbocycles. The van der Waals surface area contributed by atoms with Crippen molar-refractivity contribution < 1.29 is 28.4 Å². The van der Waals surface area contributed by atoms with E-state index < -0.39 is 31.5 Å². The highest BCUT2D eigenvalue weighted by molar-refractivity contribution is 7.59. The number of imidazole rings is 1. The molecule has 0 unspecified atom stereocenters. The molecule has 14 nitrogen and oxygen atoms in total. The van der Waals surface area contributed by atoms with Crippen LogP contribution in [0.4, 0.5) is 11.8 Å². The topological polar surface area (TPSA) is 185 Å². The third kappa shape index (κ3) is 8.18. The van der Waals surface area contributed by atoms with Gasteiger partial charge in [-0.15, -0.1) is 0 Å². The molecule has 0 aliphatic heterocycles. The van der Waals surface area contributed by atoms with Crippen molar-refractivity contribution in [2.24, 2.45) is 0 Å². The smallest absolute Gasteiger partial charge is 0.323 e. The number of hydrogen-bond acceptors (Lipinski definition) is 11. The third-order valence-corrected chi connectivity index (χ3v) is 9.99. The van der Waals surface area contributed by atoms with Gasteiger partial charge in [0, 0.05) is 12.6 Å². The molecule has 3 aliphatic rings. The number of nitrogens with two attached hydrogens (primary N) is 1. The van der Waals surface area contributed by atoms with E-state index in [1.165, 1.54) is 0 Å². The first-order chi connectivity index (χ1) is 20.2. The number of anilines is 2. The van der Waals surface area contributed by atoms with E-state index in [0.717, 1.165) is 64.2 Å². The number of nitrogens with one attached hydrogen (secondary N) is 3. The minimum absolute atomic E-state index is 0.117. The molecular weight excluding hydrogens is 563 g/mol. The standard InChI is InChI=1S/C27H43N8O6P/c1-17(25(36)40-20-7-3-4-8-20)33-42(38,34-18(2)26(37)41-21-9-5-6-10-21)16-39-14-13-35-15-29-22-23(30-19-11-12-19)31-27(28)32-24(22)35/h15,17-21H,3-14,16H2,1-2H3,(H2,33,34,38)(H3,28,30,31,32)/t17-,18-/m0/s1. The van der Waals surface area contributed by atoms with E-state index in [-0.39, 0.29) is 31.1 Å². The maximum Gasteiger partial charge on any atom is 0.323 e. The monoisotopic (exact) mass is 606 g/mol. The fourth-order valence-corrected chi connectivity index (χ4v) is 7.46. The highest BCUT2D eigenvalue weighted by Gasteiger charge is 2.34. The molecule has 2 aromatic rings. The first kappa shape index (κ1) is 30.7. The van der Waals surface area contributed by atoms with Crippen molar-refractivity contribution in [3.05, 3.63) is 6.33 Å². The van der Waals surface area contributed by atoms with Crippen LogP contribution in [0.25, 0.3) is 11.2 Å². The number of rotatable bonds is 15. The molecule has 2 heterocycles. The largest absolute Gasteiger partial charge is 0.461 e. The summed E-state index contributed by atoms with van der Waals surface area (Å²) in [4.78, 5) is 38.6. The Kier molecular flexibility index (Phi) is 9.97. The van der Waals surface area contributed by atoms with Crippen molar-refractivity contribution in [3.8, 4) is 0 Å². The molecule has 0 spiro atoms. The predicted octanol–water partition coefficient (Wildman–Crippen LogP) is 3.08.